The molecule has 0 amide bonds. The number of hydrogen-bond acceptors (Lipinski definition) is 3. The number of aromatic nitrogens is 1. The van der Waals surface area contributed by atoms with Gasteiger partial charge in [0, 0.05) is 0 Å². The molecule has 1 atom stereocenters. The van der Waals surface area contributed by atoms with Gasteiger partial charge in [0.1, 0.15) is 0 Å². The predicted octanol–water partition coefficient (Wildman–Crippen LogP) is 1.97. The molecule has 0 spiro atoms. The SMILES string of the molecule is CN(CC1CCCCC1)[C@@H]1CCN(c2ccnc([As])c2)C1. The Morgan fingerprint density at radius 1 is 1.29 bits per heavy atom. The number of likely N-dealkylation sites (N-methyl/N-ethyl adjacent to an activating group) is 1. The zero-order valence-electron chi connectivity index (χ0n) is 13.0. The van der Waals surface area contributed by atoms with Crippen molar-refractivity contribution in [3.05, 3.63) is 18.3 Å². The van der Waals surface area contributed by atoms with Crippen LogP contribution in [0.2, 0.25) is 0 Å². The summed E-state index contributed by atoms with van der Waals surface area (Å²) in [6, 6.07) is 5.04. The standard InChI is InChI=1S/C17H26AsN3/c1-20(12-14-5-3-2-4-6-14)16-8-10-21(13-16)15-7-9-19-17(18)11-15/h7,9,11,14,16H,2-6,8,10,12-13H2,1H3/t16-/m1/s1. The van der Waals surface area contributed by atoms with Crippen LogP contribution in [0.3, 0.4) is 0 Å². The van der Waals surface area contributed by atoms with E-state index in [9.17, 15) is 0 Å². The van der Waals surface area contributed by atoms with Gasteiger partial charge in [0.25, 0.3) is 0 Å². The average molecular weight is 347 g/mol. The van der Waals surface area contributed by atoms with E-state index < -0.39 is 0 Å². The monoisotopic (exact) mass is 347 g/mol. The first-order chi connectivity index (χ1) is 10.2. The van der Waals surface area contributed by atoms with Crippen LogP contribution in [-0.4, -0.2) is 59.5 Å². The molecule has 2 radical (unpaired) electrons. The van der Waals surface area contributed by atoms with Crippen molar-refractivity contribution in [1.82, 2.24) is 9.88 Å². The molecule has 2 fully saturated rings. The van der Waals surface area contributed by atoms with Crippen molar-refractivity contribution in [2.75, 3.05) is 31.6 Å². The molecule has 1 aliphatic carbocycles. The molecule has 3 rings (SSSR count). The summed E-state index contributed by atoms with van der Waals surface area (Å²) in [5, 5.41) is 0. The third-order valence-corrected chi connectivity index (χ3v) is 5.67. The van der Waals surface area contributed by atoms with Gasteiger partial charge in [-0.15, -0.1) is 0 Å². The van der Waals surface area contributed by atoms with Gasteiger partial charge in [-0.1, -0.05) is 0 Å². The Bertz CT molecular complexity index is 459. The topological polar surface area (TPSA) is 19.4 Å². The first-order valence-electron chi connectivity index (χ1n) is 8.32. The second-order valence-corrected chi connectivity index (χ2v) is 7.67. The predicted molar refractivity (Wildman–Crippen MR) is 89.4 cm³/mol. The van der Waals surface area contributed by atoms with E-state index in [-0.39, 0.29) is 0 Å². The molecule has 1 aliphatic heterocycles. The van der Waals surface area contributed by atoms with Gasteiger partial charge in [0.2, 0.25) is 0 Å². The van der Waals surface area contributed by atoms with Crippen LogP contribution in [0.25, 0.3) is 0 Å². The zero-order chi connectivity index (χ0) is 14.7. The molecule has 1 aromatic heterocycles. The Morgan fingerprint density at radius 2 is 2.10 bits per heavy atom. The summed E-state index contributed by atoms with van der Waals surface area (Å²) in [6.45, 7) is 3.64. The van der Waals surface area contributed by atoms with Crippen molar-refractivity contribution in [3.63, 3.8) is 0 Å². The van der Waals surface area contributed by atoms with Crippen molar-refractivity contribution >= 4 is 27.0 Å². The Labute approximate surface area is 137 Å². The molecule has 0 aromatic carbocycles. The number of rotatable bonds is 4. The number of nitrogens with zero attached hydrogens (tertiary/aromatic N) is 3. The minimum atomic E-state index is 0.717. The maximum absolute atomic E-state index is 4.28. The summed E-state index contributed by atoms with van der Waals surface area (Å²) in [4.78, 5) is 9.42. The van der Waals surface area contributed by atoms with Gasteiger partial charge in [-0.2, -0.15) is 0 Å². The zero-order valence-corrected chi connectivity index (χ0v) is 14.9. The fourth-order valence-electron chi connectivity index (χ4n) is 3.87. The maximum atomic E-state index is 4.28. The summed E-state index contributed by atoms with van der Waals surface area (Å²) >= 11 is 2.54. The van der Waals surface area contributed by atoms with E-state index in [2.05, 4.69) is 50.8 Å². The van der Waals surface area contributed by atoms with Gasteiger partial charge in [-0.3, -0.25) is 0 Å². The Morgan fingerprint density at radius 3 is 2.86 bits per heavy atom. The molecule has 1 saturated heterocycles. The first kappa shape index (κ1) is 15.4. The molecule has 1 saturated carbocycles. The average Bonchev–Trinajstić information content (AvgIpc) is 2.98. The molecule has 114 valence electrons. The van der Waals surface area contributed by atoms with E-state index >= 15 is 0 Å². The van der Waals surface area contributed by atoms with Crippen LogP contribution in [0.1, 0.15) is 38.5 Å². The van der Waals surface area contributed by atoms with Gasteiger partial charge in [-0.05, 0) is 0 Å². The van der Waals surface area contributed by atoms with Gasteiger partial charge >= 0.3 is 137 Å². The molecule has 3 nitrogen and oxygen atoms in total. The Kier molecular flexibility index (Phi) is 5.23. The fraction of sp³-hybridized carbons (Fsp3) is 0.706. The van der Waals surface area contributed by atoms with Crippen molar-refractivity contribution in [3.8, 4) is 0 Å². The van der Waals surface area contributed by atoms with Crippen molar-refractivity contribution in [1.29, 1.82) is 0 Å². The number of hydrogen-bond donors (Lipinski definition) is 0. The van der Waals surface area contributed by atoms with Crippen LogP contribution in [0.4, 0.5) is 5.69 Å². The quantitative estimate of drug-likeness (QED) is 0.777. The van der Waals surface area contributed by atoms with Crippen molar-refractivity contribution in [2.24, 2.45) is 5.92 Å². The normalized spacial score (nSPS) is 24.0. The Hall–Kier alpha value is -0.532. The third kappa shape index (κ3) is 4.01. The molecule has 2 heterocycles. The second-order valence-electron chi connectivity index (χ2n) is 6.70. The number of anilines is 1. The molecule has 4 heteroatoms. The minimum absolute atomic E-state index is 0.717. The molecule has 1 aromatic rings. The molecule has 0 bridgehead atoms. The first-order valence-corrected chi connectivity index (χ1v) is 9.26. The van der Waals surface area contributed by atoms with E-state index in [4.69, 9.17) is 0 Å². The van der Waals surface area contributed by atoms with Gasteiger partial charge < -0.3 is 0 Å². The van der Waals surface area contributed by atoms with E-state index in [1.807, 2.05) is 6.20 Å². The Balaban J connectivity index is 1.53. The molecule has 2 aliphatic rings. The van der Waals surface area contributed by atoms with Gasteiger partial charge in [0.05, 0.1) is 0 Å². The summed E-state index contributed by atoms with van der Waals surface area (Å²) in [5.41, 5.74) is 1.33. The van der Waals surface area contributed by atoms with Crippen LogP contribution in [0.5, 0.6) is 0 Å². The van der Waals surface area contributed by atoms with Crippen LogP contribution < -0.4 is 9.38 Å². The van der Waals surface area contributed by atoms with E-state index in [1.165, 1.54) is 63.8 Å². The van der Waals surface area contributed by atoms with Gasteiger partial charge in [0.15, 0.2) is 0 Å². The van der Waals surface area contributed by atoms with Crippen molar-refractivity contribution in [2.45, 2.75) is 44.6 Å². The molecular weight excluding hydrogens is 321 g/mol. The summed E-state index contributed by atoms with van der Waals surface area (Å²) < 4.78 is 1.05. The van der Waals surface area contributed by atoms with Crippen molar-refractivity contribution < 1.29 is 0 Å². The summed E-state index contributed by atoms with van der Waals surface area (Å²) in [7, 11) is 2.33. The fourth-order valence-corrected chi connectivity index (χ4v) is 4.28. The summed E-state index contributed by atoms with van der Waals surface area (Å²) in [6.07, 6.45) is 10.5. The second kappa shape index (κ2) is 7.15. The number of pyridine rings is 1. The van der Waals surface area contributed by atoms with Crippen LogP contribution >= 0.6 is 0 Å². The third-order valence-electron chi connectivity index (χ3n) is 5.15. The van der Waals surface area contributed by atoms with Crippen LogP contribution in [0.15, 0.2) is 18.3 Å². The van der Waals surface area contributed by atoms with Crippen LogP contribution in [0, 0.1) is 5.92 Å². The van der Waals surface area contributed by atoms with E-state index in [0.717, 1.165) is 16.4 Å². The molecule has 0 unspecified atom stereocenters. The molecule has 0 N–H and O–H groups in total. The summed E-state index contributed by atoms with van der Waals surface area (Å²) in [5.74, 6) is 0.943. The van der Waals surface area contributed by atoms with Crippen LogP contribution in [-0.2, 0) is 0 Å². The van der Waals surface area contributed by atoms with Gasteiger partial charge in [-0.25, -0.2) is 0 Å². The molecular formula is C17H26AsN3. The van der Waals surface area contributed by atoms with E-state index in [1.54, 1.807) is 0 Å². The van der Waals surface area contributed by atoms with E-state index in [0.29, 0.717) is 0 Å². The molecule has 21 heavy (non-hydrogen) atoms.